The van der Waals surface area contributed by atoms with Gasteiger partial charge in [-0.25, -0.2) is 9.97 Å². The molecule has 0 aliphatic carbocycles. The summed E-state index contributed by atoms with van der Waals surface area (Å²) in [6, 6.07) is 20.0. The summed E-state index contributed by atoms with van der Waals surface area (Å²) < 4.78 is 11.3. The fourth-order valence-electron chi connectivity index (χ4n) is 3.01. The predicted molar refractivity (Wildman–Crippen MR) is 104 cm³/mol. The highest BCUT2D eigenvalue weighted by atomic mass is 16.3. The molecule has 0 saturated carbocycles. The minimum absolute atomic E-state index is 0.187. The molecule has 5 heteroatoms. The quantitative estimate of drug-likeness (QED) is 0.531. The van der Waals surface area contributed by atoms with Crippen molar-refractivity contribution in [3.05, 3.63) is 84.6 Å². The molecule has 5 nitrogen and oxygen atoms in total. The summed E-state index contributed by atoms with van der Waals surface area (Å²) in [6.07, 6.45) is 4.95. The van der Waals surface area contributed by atoms with Gasteiger partial charge in [-0.15, -0.1) is 0 Å². The van der Waals surface area contributed by atoms with Crippen LogP contribution in [-0.2, 0) is 12.8 Å². The smallest absolute Gasteiger partial charge is 0.226 e. The molecular weight excluding hydrogens is 338 g/mol. The van der Waals surface area contributed by atoms with E-state index in [0.29, 0.717) is 11.8 Å². The summed E-state index contributed by atoms with van der Waals surface area (Å²) in [5.41, 5.74) is 3.79. The normalized spacial score (nSPS) is 11.2. The molecule has 0 amide bonds. The number of hydrogen-bond acceptors (Lipinski definition) is 5. The van der Waals surface area contributed by atoms with Crippen LogP contribution in [0.4, 0.5) is 0 Å². The van der Waals surface area contributed by atoms with E-state index in [9.17, 15) is 0 Å². The molecule has 0 spiro atoms. The summed E-state index contributed by atoms with van der Waals surface area (Å²) in [4.78, 5) is 9.22. The molecule has 0 aliphatic rings. The van der Waals surface area contributed by atoms with E-state index in [1.165, 1.54) is 0 Å². The maximum Gasteiger partial charge on any atom is 0.226 e. The van der Waals surface area contributed by atoms with Crippen molar-refractivity contribution in [3.8, 4) is 22.9 Å². The molecule has 27 heavy (non-hydrogen) atoms. The third kappa shape index (κ3) is 4.15. The van der Waals surface area contributed by atoms with Gasteiger partial charge in [0.05, 0.1) is 11.4 Å². The topological polar surface area (TPSA) is 64.1 Å². The summed E-state index contributed by atoms with van der Waals surface area (Å²) in [6.45, 7) is 0. The molecule has 0 aliphatic heterocycles. The van der Waals surface area contributed by atoms with Crippen molar-refractivity contribution in [2.45, 2.75) is 18.9 Å². The zero-order valence-corrected chi connectivity index (χ0v) is 15.1. The van der Waals surface area contributed by atoms with Crippen LogP contribution in [0.2, 0.25) is 0 Å². The Labute approximate surface area is 158 Å². The Kier molecular flexibility index (Phi) is 5.12. The number of oxazole rings is 2. The molecule has 136 valence electrons. The van der Waals surface area contributed by atoms with Crippen LogP contribution in [0.5, 0.6) is 0 Å². The molecule has 0 saturated heterocycles. The van der Waals surface area contributed by atoms with Crippen LogP contribution in [0.3, 0.4) is 0 Å². The first-order valence-electron chi connectivity index (χ1n) is 8.99. The van der Waals surface area contributed by atoms with Gasteiger partial charge in [-0.05, 0) is 31.3 Å². The molecule has 2 heterocycles. The van der Waals surface area contributed by atoms with E-state index in [1.54, 1.807) is 12.5 Å². The Hall–Kier alpha value is -3.18. The third-order valence-electron chi connectivity index (χ3n) is 4.46. The Morgan fingerprint density at radius 2 is 1.19 bits per heavy atom. The number of aromatic nitrogens is 2. The lowest BCUT2D eigenvalue weighted by atomic mass is 10.1. The molecular formula is C22H21N3O2. The standard InChI is InChI=1S/C22H21N3O2/c1-23-18(12-19-14-26-21(24-19)16-8-4-2-5-9-16)13-20-15-27-22(25-20)17-10-6-3-7-11-17/h2-11,14-15,18,23H,12-13H2,1H3. The van der Waals surface area contributed by atoms with Crippen molar-refractivity contribution in [3.63, 3.8) is 0 Å². The van der Waals surface area contributed by atoms with Gasteiger partial charge in [0, 0.05) is 30.0 Å². The molecule has 0 unspecified atom stereocenters. The Morgan fingerprint density at radius 3 is 1.59 bits per heavy atom. The van der Waals surface area contributed by atoms with Crippen LogP contribution >= 0.6 is 0 Å². The van der Waals surface area contributed by atoms with E-state index in [2.05, 4.69) is 15.3 Å². The van der Waals surface area contributed by atoms with Crippen LogP contribution < -0.4 is 5.32 Å². The highest BCUT2D eigenvalue weighted by Crippen LogP contribution is 2.21. The number of benzene rings is 2. The van der Waals surface area contributed by atoms with Gasteiger partial charge in [-0.2, -0.15) is 0 Å². The maximum absolute atomic E-state index is 5.64. The van der Waals surface area contributed by atoms with Crippen molar-refractivity contribution in [1.82, 2.24) is 15.3 Å². The number of nitrogens with zero attached hydrogens (tertiary/aromatic N) is 2. The summed E-state index contributed by atoms with van der Waals surface area (Å²) in [5, 5.41) is 3.33. The van der Waals surface area contributed by atoms with E-state index in [1.807, 2.05) is 67.7 Å². The van der Waals surface area contributed by atoms with Crippen molar-refractivity contribution in [1.29, 1.82) is 0 Å². The molecule has 4 rings (SSSR count). The van der Waals surface area contributed by atoms with Gasteiger partial charge in [0.1, 0.15) is 12.5 Å². The second-order valence-corrected chi connectivity index (χ2v) is 6.41. The highest BCUT2D eigenvalue weighted by molar-refractivity contribution is 5.53. The lowest BCUT2D eigenvalue weighted by Crippen LogP contribution is -2.30. The van der Waals surface area contributed by atoms with Crippen LogP contribution in [-0.4, -0.2) is 23.1 Å². The number of rotatable bonds is 7. The van der Waals surface area contributed by atoms with E-state index in [-0.39, 0.29) is 6.04 Å². The van der Waals surface area contributed by atoms with Crippen LogP contribution in [0.25, 0.3) is 22.9 Å². The Bertz CT molecular complexity index is 897. The van der Waals surface area contributed by atoms with E-state index in [0.717, 1.165) is 35.4 Å². The minimum atomic E-state index is 0.187. The average molecular weight is 359 g/mol. The molecule has 0 atom stereocenters. The molecule has 0 bridgehead atoms. The van der Waals surface area contributed by atoms with Crippen LogP contribution in [0.1, 0.15) is 11.4 Å². The SMILES string of the molecule is CNC(Cc1coc(-c2ccccc2)n1)Cc1coc(-c2ccccc2)n1. The van der Waals surface area contributed by atoms with Crippen molar-refractivity contribution < 1.29 is 8.83 Å². The molecule has 2 aromatic carbocycles. The monoisotopic (exact) mass is 359 g/mol. The van der Waals surface area contributed by atoms with Gasteiger partial charge in [0.15, 0.2) is 0 Å². The highest BCUT2D eigenvalue weighted by Gasteiger charge is 2.15. The van der Waals surface area contributed by atoms with Gasteiger partial charge < -0.3 is 14.2 Å². The van der Waals surface area contributed by atoms with Gasteiger partial charge in [0.25, 0.3) is 0 Å². The van der Waals surface area contributed by atoms with Gasteiger partial charge in [-0.1, -0.05) is 36.4 Å². The van der Waals surface area contributed by atoms with Crippen molar-refractivity contribution in [2.24, 2.45) is 0 Å². The number of likely N-dealkylation sites (N-methyl/N-ethyl adjacent to an activating group) is 1. The molecule has 0 fully saturated rings. The van der Waals surface area contributed by atoms with E-state index < -0.39 is 0 Å². The first-order chi connectivity index (χ1) is 13.3. The first-order valence-corrected chi connectivity index (χ1v) is 8.99. The number of nitrogens with one attached hydrogen (secondary N) is 1. The zero-order valence-electron chi connectivity index (χ0n) is 15.1. The van der Waals surface area contributed by atoms with Gasteiger partial charge >= 0.3 is 0 Å². The second-order valence-electron chi connectivity index (χ2n) is 6.41. The second kappa shape index (κ2) is 8.01. The largest absolute Gasteiger partial charge is 0.444 e. The maximum atomic E-state index is 5.64. The lowest BCUT2D eigenvalue weighted by molar-refractivity contribution is 0.533. The summed E-state index contributed by atoms with van der Waals surface area (Å²) in [7, 11) is 1.95. The Morgan fingerprint density at radius 1 is 0.741 bits per heavy atom. The van der Waals surface area contributed by atoms with Crippen LogP contribution in [0, 0.1) is 0 Å². The van der Waals surface area contributed by atoms with Gasteiger partial charge in [-0.3, -0.25) is 0 Å². The molecule has 4 aromatic rings. The minimum Gasteiger partial charge on any atom is -0.444 e. The summed E-state index contributed by atoms with van der Waals surface area (Å²) >= 11 is 0. The summed E-state index contributed by atoms with van der Waals surface area (Å²) in [5.74, 6) is 1.29. The Balaban J connectivity index is 1.43. The average Bonchev–Trinajstić information content (AvgIpc) is 3.39. The zero-order chi connectivity index (χ0) is 18.5. The number of hydrogen-bond donors (Lipinski definition) is 1. The fourth-order valence-corrected chi connectivity index (χ4v) is 3.01. The lowest BCUT2D eigenvalue weighted by Gasteiger charge is -2.12. The molecule has 2 aromatic heterocycles. The van der Waals surface area contributed by atoms with Gasteiger partial charge in [0.2, 0.25) is 11.8 Å². The molecule has 0 radical (unpaired) electrons. The van der Waals surface area contributed by atoms with Crippen LogP contribution in [0.15, 0.2) is 82.0 Å². The van der Waals surface area contributed by atoms with Crippen molar-refractivity contribution in [2.75, 3.05) is 7.05 Å². The fraction of sp³-hybridized carbons (Fsp3) is 0.182. The first kappa shape index (κ1) is 17.2. The van der Waals surface area contributed by atoms with E-state index >= 15 is 0 Å². The van der Waals surface area contributed by atoms with E-state index in [4.69, 9.17) is 8.83 Å². The molecule has 1 N–H and O–H groups in total. The van der Waals surface area contributed by atoms with Crippen molar-refractivity contribution >= 4 is 0 Å². The predicted octanol–water partition coefficient (Wildman–Crippen LogP) is 4.37. The third-order valence-corrected chi connectivity index (χ3v) is 4.46.